The molecule has 3 N–H and O–H groups in total. The molecule has 2 atom stereocenters. The maximum atomic E-state index is 14.3. The van der Waals surface area contributed by atoms with Gasteiger partial charge in [-0.15, -0.1) is 0 Å². The number of aliphatic hydroxyl groups is 1. The normalized spacial score (nSPS) is 17.8. The second-order valence-corrected chi connectivity index (χ2v) is 7.19. The summed E-state index contributed by atoms with van der Waals surface area (Å²) >= 11 is 0. The highest BCUT2D eigenvalue weighted by Gasteiger charge is 2.36. The summed E-state index contributed by atoms with van der Waals surface area (Å²) in [5.74, 6) is -2.59. The number of pyridine rings is 2. The molecule has 1 aromatic carbocycles. The third-order valence-electron chi connectivity index (χ3n) is 5.40. The molecule has 0 unspecified atom stereocenters. The lowest BCUT2D eigenvalue weighted by molar-refractivity contribution is 0.0855. The number of carbonyl (C=O) groups is 1. The van der Waals surface area contributed by atoms with E-state index in [2.05, 4.69) is 20.3 Å². The number of aromatic nitrogens is 3. The molecule has 1 aliphatic rings. The highest BCUT2D eigenvalue weighted by atomic mass is 19.2. The van der Waals surface area contributed by atoms with Crippen LogP contribution in [0, 0.1) is 11.6 Å². The molecule has 1 aliphatic carbocycles. The highest BCUT2D eigenvalue weighted by Crippen LogP contribution is 2.35. The summed E-state index contributed by atoms with van der Waals surface area (Å²) in [6, 6.07) is 8.46. The molecule has 0 aliphatic heterocycles. The minimum absolute atomic E-state index is 0.00735. The molecule has 30 heavy (non-hydrogen) atoms. The Hall–Kier alpha value is -3.65. The number of nitrogens with one attached hydrogen (secondary N) is 2. The summed E-state index contributed by atoms with van der Waals surface area (Å²) in [4.78, 5) is 24.3. The van der Waals surface area contributed by atoms with Crippen molar-refractivity contribution in [1.82, 2.24) is 20.3 Å². The second-order valence-electron chi connectivity index (χ2n) is 7.19. The van der Waals surface area contributed by atoms with Crippen LogP contribution in [0.1, 0.15) is 27.5 Å². The summed E-state index contributed by atoms with van der Waals surface area (Å²) in [5.41, 5.74) is 2.99. The van der Waals surface area contributed by atoms with Crippen LogP contribution in [-0.2, 0) is 6.42 Å². The lowest BCUT2D eigenvalue weighted by Gasteiger charge is -2.18. The quantitative estimate of drug-likeness (QED) is 0.487. The van der Waals surface area contributed by atoms with Crippen LogP contribution in [-0.4, -0.2) is 32.1 Å². The van der Waals surface area contributed by atoms with Crippen LogP contribution < -0.4 is 5.32 Å². The van der Waals surface area contributed by atoms with Crippen LogP contribution >= 0.6 is 0 Å². The van der Waals surface area contributed by atoms with Gasteiger partial charge < -0.3 is 15.4 Å². The lowest BCUT2D eigenvalue weighted by atomic mass is 10.1. The number of H-pyrrole nitrogens is 1. The number of hydrogen-bond acceptors (Lipinski definition) is 4. The molecule has 8 heteroatoms. The molecule has 0 spiro atoms. The number of aliphatic hydroxyl groups excluding tert-OH is 1. The molecular weight excluding hydrogens is 390 g/mol. The lowest BCUT2D eigenvalue weighted by Crippen LogP contribution is -2.34. The molecule has 150 valence electrons. The fourth-order valence-electron chi connectivity index (χ4n) is 3.92. The van der Waals surface area contributed by atoms with Gasteiger partial charge in [0.2, 0.25) is 0 Å². The largest absolute Gasteiger partial charge is 0.390 e. The van der Waals surface area contributed by atoms with Crippen molar-refractivity contribution in [2.24, 2.45) is 0 Å². The van der Waals surface area contributed by atoms with Crippen molar-refractivity contribution < 1.29 is 18.7 Å². The van der Waals surface area contributed by atoms with E-state index in [1.807, 2.05) is 12.1 Å². The molecule has 0 radical (unpaired) electrons. The van der Waals surface area contributed by atoms with Crippen molar-refractivity contribution in [3.63, 3.8) is 0 Å². The standard InChI is InChI=1S/C22H16F2N4O2/c23-15-3-1-11-9-17(29)20(18(11)19(15)24)28-22(30)12-2-4-16(27-10-12)13-5-7-25-21-14(13)6-8-26-21/h1-8,10,17,20,29H,9H2,(H,25,26)(H,28,30)/t17-,20-/m0/s1. The first-order chi connectivity index (χ1) is 14.5. The van der Waals surface area contributed by atoms with Gasteiger partial charge in [0.1, 0.15) is 5.65 Å². The summed E-state index contributed by atoms with van der Waals surface area (Å²) < 4.78 is 27.9. The molecule has 0 saturated heterocycles. The molecule has 0 saturated carbocycles. The van der Waals surface area contributed by atoms with E-state index in [0.717, 1.165) is 22.7 Å². The fourth-order valence-corrected chi connectivity index (χ4v) is 3.92. The Balaban J connectivity index is 1.41. The molecule has 6 nitrogen and oxygen atoms in total. The average molecular weight is 406 g/mol. The molecule has 4 aromatic rings. The number of hydrogen-bond donors (Lipinski definition) is 3. The van der Waals surface area contributed by atoms with E-state index < -0.39 is 29.7 Å². The fraction of sp³-hybridized carbons (Fsp3) is 0.136. The molecule has 0 fully saturated rings. The van der Waals surface area contributed by atoms with Crippen molar-refractivity contribution in [2.75, 3.05) is 0 Å². The molecule has 5 rings (SSSR count). The Morgan fingerprint density at radius 2 is 2.00 bits per heavy atom. The van der Waals surface area contributed by atoms with E-state index in [-0.39, 0.29) is 17.5 Å². The van der Waals surface area contributed by atoms with E-state index in [4.69, 9.17) is 0 Å². The van der Waals surface area contributed by atoms with Crippen LogP contribution in [0.4, 0.5) is 8.78 Å². The van der Waals surface area contributed by atoms with Crippen molar-refractivity contribution in [3.8, 4) is 11.3 Å². The number of halogens is 2. The zero-order valence-electron chi connectivity index (χ0n) is 15.6. The predicted molar refractivity (Wildman–Crippen MR) is 106 cm³/mol. The van der Waals surface area contributed by atoms with Gasteiger partial charge in [-0.3, -0.25) is 9.78 Å². The summed E-state index contributed by atoms with van der Waals surface area (Å²) in [7, 11) is 0. The van der Waals surface area contributed by atoms with Crippen LogP contribution in [0.25, 0.3) is 22.3 Å². The van der Waals surface area contributed by atoms with E-state index >= 15 is 0 Å². The summed E-state index contributed by atoms with van der Waals surface area (Å²) in [6.07, 6.45) is 3.97. The van der Waals surface area contributed by atoms with Gasteiger partial charge >= 0.3 is 0 Å². The second kappa shape index (κ2) is 7.00. The van der Waals surface area contributed by atoms with Gasteiger partial charge in [-0.05, 0) is 35.9 Å². The SMILES string of the molecule is O=C(N[C@@H]1c2c(ccc(F)c2F)C[C@@H]1O)c1ccc(-c2ccnc3[nH]ccc23)nc1. The zero-order chi connectivity index (χ0) is 20.8. The number of amides is 1. The van der Waals surface area contributed by atoms with E-state index in [9.17, 15) is 18.7 Å². The first-order valence-electron chi connectivity index (χ1n) is 9.37. The Labute approximate surface area is 169 Å². The zero-order valence-corrected chi connectivity index (χ0v) is 15.6. The maximum absolute atomic E-state index is 14.3. The van der Waals surface area contributed by atoms with Crippen LogP contribution in [0.3, 0.4) is 0 Å². The Morgan fingerprint density at radius 3 is 2.80 bits per heavy atom. The Morgan fingerprint density at radius 1 is 1.13 bits per heavy atom. The number of fused-ring (bicyclic) bond motifs is 2. The summed E-state index contributed by atoms with van der Waals surface area (Å²) in [5, 5.41) is 13.8. The van der Waals surface area contributed by atoms with Gasteiger partial charge in [-0.2, -0.15) is 0 Å². The minimum atomic E-state index is -1.05. The van der Waals surface area contributed by atoms with Gasteiger partial charge in [0.25, 0.3) is 5.91 Å². The van der Waals surface area contributed by atoms with Crippen molar-refractivity contribution in [2.45, 2.75) is 18.6 Å². The van der Waals surface area contributed by atoms with Crippen LogP contribution in [0.2, 0.25) is 0 Å². The average Bonchev–Trinajstić information content (AvgIpc) is 3.36. The number of nitrogens with zero attached hydrogens (tertiary/aromatic N) is 2. The van der Waals surface area contributed by atoms with Crippen LogP contribution in [0.5, 0.6) is 0 Å². The smallest absolute Gasteiger partial charge is 0.253 e. The predicted octanol–water partition coefficient (Wildman–Crippen LogP) is 3.29. The topological polar surface area (TPSA) is 90.9 Å². The van der Waals surface area contributed by atoms with Gasteiger partial charge in [0.15, 0.2) is 11.6 Å². The molecule has 0 bridgehead atoms. The number of benzene rings is 1. The van der Waals surface area contributed by atoms with Gasteiger partial charge in [0.05, 0.1) is 23.4 Å². The van der Waals surface area contributed by atoms with Gasteiger partial charge in [-0.1, -0.05) is 6.07 Å². The number of rotatable bonds is 3. The van der Waals surface area contributed by atoms with Crippen molar-refractivity contribution >= 4 is 16.9 Å². The minimum Gasteiger partial charge on any atom is -0.390 e. The Kier molecular flexibility index (Phi) is 4.29. The van der Waals surface area contributed by atoms with E-state index in [1.54, 1.807) is 24.5 Å². The van der Waals surface area contributed by atoms with E-state index in [1.165, 1.54) is 12.3 Å². The Bertz CT molecular complexity index is 1270. The monoisotopic (exact) mass is 406 g/mol. The first-order valence-corrected chi connectivity index (χ1v) is 9.37. The number of aromatic amines is 1. The highest BCUT2D eigenvalue weighted by molar-refractivity contribution is 5.95. The van der Waals surface area contributed by atoms with Crippen LogP contribution in [0.15, 0.2) is 55.0 Å². The number of carbonyl (C=O) groups excluding carboxylic acids is 1. The maximum Gasteiger partial charge on any atom is 0.253 e. The first kappa shape index (κ1) is 18.4. The molecule has 3 aromatic heterocycles. The molecule has 1 amide bonds. The van der Waals surface area contributed by atoms with Gasteiger partial charge in [-0.25, -0.2) is 13.8 Å². The van der Waals surface area contributed by atoms with E-state index in [0.29, 0.717) is 11.3 Å². The third-order valence-corrected chi connectivity index (χ3v) is 5.40. The van der Waals surface area contributed by atoms with Crippen molar-refractivity contribution in [3.05, 3.63) is 83.3 Å². The molecule has 3 heterocycles. The third kappa shape index (κ3) is 2.93. The summed E-state index contributed by atoms with van der Waals surface area (Å²) in [6.45, 7) is 0. The van der Waals surface area contributed by atoms with Gasteiger partial charge in [0, 0.05) is 41.5 Å². The molecular formula is C22H16F2N4O2. The van der Waals surface area contributed by atoms with Crippen molar-refractivity contribution in [1.29, 1.82) is 0 Å².